The first-order chi connectivity index (χ1) is 14.2. The molecule has 1 heterocycles. The van der Waals surface area contributed by atoms with Gasteiger partial charge in [-0.25, -0.2) is 4.79 Å². The molecule has 2 aromatic carbocycles. The fourth-order valence-electron chi connectivity index (χ4n) is 3.15. The van der Waals surface area contributed by atoms with Crippen molar-refractivity contribution in [3.05, 3.63) is 74.8 Å². The molecule has 9 heteroatoms. The molecule has 2 aromatic rings. The average molecular weight is 491 g/mol. The third-order valence-corrected chi connectivity index (χ3v) is 5.26. The van der Waals surface area contributed by atoms with E-state index in [0.29, 0.717) is 16.7 Å². The predicted molar refractivity (Wildman–Crippen MR) is 117 cm³/mol. The van der Waals surface area contributed by atoms with Crippen molar-refractivity contribution in [2.75, 3.05) is 0 Å². The van der Waals surface area contributed by atoms with Crippen molar-refractivity contribution in [3.63, 3.8) is 0 Å². The zero-order chi connectivity index (χ0) is 23.2. The van der Waals surface area contributed by atoms with Crippen molar-refractivity contribution in [2.45, 2.75) is 44.3 Å². The Balaban J connectivity index is 2.02. The summed E-state index contributed by atoms with van der Waals surface area (Å²) in [5.41, 5.74) is 1.24. The van der Waals surface area contributed by atoms with Crippen LogP contribution in [0.2, 0.25) is 10.0 Å². The number of benzene rings is 2. The number of nitrogens with one attached hydrogen (secondary N) is 1. The van der Waals surface area contributed by atoms with Gasteiger partial charge in [-0.3, -0.25) is 10.3 Å². The maximum absolute atomic E-state index is 14.5. The zero-order valence-corrected chi connectivity index (χ0v) is 19.4. The fourth-order valence-corrected chi connectivity index (χ4v) is 3.88. The van der Waals surface area contributed by atoms with Gasteiger partial charge in [0, 0.05) is 15.6 Å². The lowest BCUT2D eigenvalue weighted by atomic mass is 9.92. The molecule has 3 rings (SSSR count). The van der Waals surface area contributed by atoms with Crippen LogP contribution < -0.4 is 5.48 Å². The molecule has 0 saturated carbocycles. The van der Waals surface area contributed by atoms with Crippen LogP contribution in [0.25, 0.3) is 5.70 Å². The standard InChI is InChI=1S/C22H20Cl3F2NO3/c1-12-7-13(5-6-17(12)19(29)30-20(2,3)4)18-11-21(31-28-18,22(25,26)27)14-8-15(23)10-16(24)9-14/h5-11,28H,1-4H3. The number of hydrogen-bond acceptors (Lipinski definition) is 4. The second-order valence-electron chi connectivity index (χ2n) is 8.19. The smallest absolute Gasteiger partial charge is 0.360 e. The van der Waals surface area contributed by atoms with E-state index >= 15 is 0 Å². The van der Waals surface area contributed by atoms with Crippen molar-refractivity contribution in [1.29, 1.82) is 0 Å². The van der Waals surface area contributed by atoms with E-state index in [9.17, 15) is 13.6 Å². The van der Waals surface area contributed by atoms with Gasteiger partial charge >= 0.3 is 11.4 Å². The molecule has 0 aliphatic carbocycles. The first-order valence-electron chi connectivity index (χ1n) is 9.26. The molecule has 1 atom stereocenters. The summed E-state index contributed by atoms with van der Waals surface area (Å²) in [5.74, 6) is -0.476. The van der Waals surface area contributed by atoms with Gasteiger partial charge < -0.3 is 4.74 Å². The highest BCUT2D eigenvalue weighted by Crippen LogP contribution is 2.49. The molecule has 1 aliphatic rings. The van der Waals surface area contributed by atoms with Gasteiger partial charge in [-0.1, -0.05) is 29.3 Å². The van der Waals surface area contributed by atoms with Gasteiger partial charge in [-0.05, 0) is 86.8 Å². The summed E-state index contributed by atoms with van der Waals surface area (Å²) >= 11 is 17.4. The number of aryl methyl sites for hydroxylation is 1. The normalized spacial score (nSPS) is 19.1. The predicted octanol–water partition coefficient (Wildman–Crippen LogP) is 6.86. The summed E-state index contributed by atoms with van der Waals surface area (Å²) < 4.78 is 34.5. The number of halogens is 5. The fraction of sp³-hybridized carbons (Fsp3) is 0.318. The molecule has 4 nitrogen and oxygen atoms in total. The monoisotopic (exact) mass is 489 g/mol. The van der Waals surface area contributed by atoms with Crippen LogP contribution in [0.5, 0.6) is 0 Å². The number of hydroxylamine groups is 1. The van der Waals surface area contributed by atoms with Gasteiger partial charge in [0.1, 0.15) is 5.60 Å². The molecule has 0 saturated heterocycles. The second-order valence-corrected chi connectivity index (χ2v) is 9.53. The first-order valence-corrected chi connectivity index (χ1v) is 10.4. The summed E-state index contributed by atoms with van der Waals surface area (Å²) in [5, 5.41) is -3.52. The van der Waals surface area contributed by atoms with Gasteiger partial charge in [0.05, 0.1) is 11.3 Å². The van der Waals surface area contributed by atoms with E-state index in [1.807, 2.05) is 0 Å². The van der Waals surface area contributed by atoms with Crippen LogP contribution in [0.3, 0.4) is 0 Å². The van der Waals surface area contributed by atoms with Gasteiger partial charge in [0.25, 0.3) is 0 Å². The Kier molecular flexibility index (Phi) is 6.33. The summed E-state index contributed by atoms with van der Waals surface area (Å²) in [6.45, 7) is 7.03. The van der Waals surface area contributed by atoms with E-state index in [4.69, 9.17) is 44.4 Å². The highest BCUT2D eigenvalue weighted by atomic mass is 35.5. The van der Waals surface area contributed by atoms with Crippen molar-refractivity contribution < 1.29 is 23.1 Å². The molecule has 0 fully saturated rings. The quantitative estimate of drug-likeness (QED) is 0.376. The van der Waals surface area contributed by atoms with Crippen LogP contribution in [-0.4, -0.2) is 17.0 Å². The van der Waals surface area contributed by atoms with Gasteiger partial charge in [0.15, 0.2) is 0 Å². The maximum atomic E-state index is 14.5. The van der Waals surface area contributed by atoms with E-state index in [1.54, 1.807) is 45.9 Å². The Morgan fingerprint density at radius 3 is 2.23 bits per heavy atom. The van der Waals surface area contributed by atoms with Crippen molar-refractivity contribution in [3.8, 4) is 0 Å². The lowest BCUT2D eigenvalue weighted by Gasteiger charge is -2.30. The summed E-state index contributed by atoms with van der Waals surface area (Å²) in [4.78, 5) is 17.7. The minimum Gasteiger partial charge on any atom is -0.456 e. The van der Waals surface area contributed by atoms with E-state index in [0.717, 1.165) is 0 Å². The molecular weight excluding hydrogens is 471 g/mol. The Bertz CT molecular complexity index is 1040. The van der Waals surface area contributed by atoms with E-state index in [-0.39, 0.29) is 21.3 Å². The SMILES string of the molecule is Cc1cc(C2=CC(c3cc(Cl)cc(Cl)c3)(C(F)(F)Cl)ON2)ccc1C(=O)OC(C)(C)C. The van der Waals surface area contributed by atoms with E-state index in [2.05, 4.69) is 5.48 Å². The molecule has 166 valence electrons. The zero-order valence-electron chi connectivity index (χ0n) is 17.2. The topological polar surface area (TPSA) is 47.6 Å². The largest absolute Gasteiger partial charge is 0.456 e. The molecule has 0 spiro atoms. The second kappa shape index (κ2) is 8.24. The van der Waals surface area contributed by atoms with Crippen LogP contribution in [-0.2, 0) is 15.2 Å². The highest BCUT2D eigenvalue weighted by molar-refractivity contribution is 6.34. The van der Waals surface area contributed by atoms with E-state index in [1.165, 1.54) is 24.3 Å². The number of rotatable bonds is 4. The minimum absolute atomic E-state index is 0.0189. The lowest BCUT2D eigenvalue weighted by Crippen LogP contribution is -2.41. The minimum atomic E-state index is -3.83. The average Bonchev–Trinajstić information content (AvgIpc) is 3.06. The van der Waals surface area contributed by atoms with Gasteiger partial charge in [-0.2, -0.15) is 8.78 Å². The molecular formula is C22H20Cl3F2NO3. The lowest BCUT2D eigenvalue weighted by molar-refractivity contribution is -0.153. The number of alkyl halides is 3. The van der Waals surface area contributed by atoms with Gasteiger partial charge in [0.2, 0.25) is 5.60 Å². The Morgan fingerprint density at radius 1 is 1.10 bits per heavy atom. The number of carbonyl (C=O) groups excluding carboxylic acids is 1. The first kappa shape index (κ1) is 23.8. The third kappa shape index (κ3) is 4.98. The summed E-state index contributed by atoms with van der Waals surface area (Å²) in [6.07, 6.45) is 1.17. The van der Waals surface area contributed by atoms with E-state index < -0.39 is 22.6 Å². The highest BCUT2D eigenvalue weighted by Gasteiger charge is 2.57. The maximum Gasteiger partial charge on any atom is 0.360 e. The Morgan fingerprint density at radius 2 is 1.71 bits per heavy atom. The number of hydrogen-bond donors (Lipinski definition) is 1. The van der Waals surface area contributed by atoms with Gasteiger partial charge in [-0.15, -0.1) is 0 Å². The molecule has 31 heavy (non-hydrogen) atoms. The van der Waals surface area contributed by atoms with Crippen molar-refractivity contribution >= 4 is 46.5 Å². The van der Waals surface area contributed by atoms with Crippen LogP contribution >= 0.6 is 34.8 Å². The Labute approximate surface area is 194 Å². The molecule has 0 aromatic heterocycles. The van der Waals surface area contributed by atoms with Crippen molar-refractivity contribution in [2.24, 2.45) is 0 Å². The molecule has 0 bridgehead atoms. The molecule has 1 aliphatic heterocycles. The summed E-state index contributed by atoms with van der Waals surface area (Å²) in [7, 11) is 0. The number of ether oxygens (including phenoxy) is 1. The van der Waals surface area contributed by atoms with Crippen LogP contribution in [0.4, 0.5) is 8.78 Å². The van der Waals surface area contributed by atoms with Crippen LogP contribution in [0, 0.1) is 6.92 Å². The van der Waals surface area contributed by atoms with Crippen molar-refractivity contribution in [1.82, 2.24) is 5.48 Å². The molecule has 0 radical (unpaired) electrons. The summed E-state index contributed by atoms with van der Waals surface area (Å²) in [6, 6.07) is 8.86. The number of carbonyl (C=O) groups is 1. The van der Waals surface area contributed by atoms with Crippen LogP contribution in [0.1, 0.15) is 47.8 Å². The molecule has 1 N–H and O–H groups in total. The van der Waals surface area contributed by atoms with Crippen LogP contribution in [0.15, 0.2) is 42.5 Å². The third-order valence-electron chi connectivity index (χ3n) is 4.54. The molecule has 0 amide bonds. The molecule has 1 unspecified atom stereocenters. The number of esters is 1. The Hall–Kier alpha value is -1.86.